The highest BCUT2D eigenvalue weighted by molar-refractivity contribution is 8.13. The Morgan fingerprint density at radius 3 is 2.35 bits per heavy atom. The second-order valence-corrected chi connectivity index (χ2v) is 8.86. The summed E-state index contributed by atoms with van der Waals surface area (Å²) in [5, 5.41) is 0. The largest absolute Gasteiger partial charge is 0.493 e. The maximum absolute atomic E-state index is 11.3. The van der Waals surface area contributed by atoms with Crippen LogP contribution in [0.5, 0.6) is 5.75 Å². The van der Waals surface area contributed by atoms with E-state index in [4.69, 9.17) is 15.4 Å². The molecule has 20 heavy (non-hydrogen) atoms. The lowest BCUT2D eigenvalue weighted by atomic mass is 9.82. The molecule has 0 aromatic heterocycles. The van der Waals surface area contributed by atoms with Crippen LogP contribution in [0.15, 0.2) is 24.3 Å². The summed E-state index contributed by atoms with van der Waals surface area (Å²) in [6.45, 7) is 8.39. The fraction of sp³-hybridized carbons (Fsp3) is 0.600. The minimum Gasteiger partial charge on any atom is -0.493 e. The van der Waals surface area contributed by atoms with Crippen LogP contribution in [0, 0.1) is 11.3 Å². The smallest absolute Gasteiger partial charge is 0.233 e. The van der Waals surface area contributed by atoms with E-state index >= 15 is 0 Å². The first-order chi connectivity index (χ1) is 9.13. The summed E-state index contributed by atoms with van der Waals surface area (Å²) in [4.78, 5) is 0. The number of para-hydroxylation sites is 1. The minimum atomic E-state index is -3.53. The molecule has 0 aliphatic carbocycles. The van der Waals surface area contributed by atoms with Crippen LogP contribution in [0.2, 0.25) is 0 Å². The van der Waals surface area contributed by atoms with Gasteiger partial charge in [0, 0.05) is 16.6 Å². The molecule has 0 heterocycles. The molecular formula is C15H23ClO3S. The van der Waals surface area contributed by atoms with E-state index < -0.39 is 9.05 Å². The van der Waals surface area contributed by atoms with E-state index in [0.717, 1.165) is 17.7 Å². The van der Waals surface area contributed by atoms with E-state index in [2.05, 4.69) is 6.92 Å². The summed E-state index contributed by atoms with van der Waals surface area (Å²) in [5.41, 5.74) is 0.928. The summed E-state index contributed by atoms with van der Waals surface area (Å²) >= 11 is 0. The van der Waals surface area contributed by atoms with Gasteiger partial charge < -0.3 is 4.74 Å². The van der Waals surface area contributed by atoms with Crippen molar-refractivity contribution in [3.05, 3.63) is 29.8 Å². The van der Waals surface area contributed by atoms with Crippen LogP contribution in [0.3, 0.4) is 0 Å². The molecule has 0 aliphatic heterocycles. The topological polar surface area (TPSA) is 43.4 Å². The maximum Gasteiger partial charge on any atom is 0.233 e. The molecule has 5 heteroatoms. The second kappa shape index (κ2) is 6.81. The van der Waals surface area contributed by atoms with Gasteiger partial charge in [-0.25, -0.2) is 8.42 Å². The van der Waals surface area contributed by atoms with Gasteiger partial charge in [0.2, 0.25) is 9.05 Å². The Labute approximate surface area is 126 Å². The van der Waals surface area contributed by atoms with Crippen LogP contribution in [0.1, 0.15) is 33.3 Å². The number of hydrogen-bond donors (Lipinski definition) is 0. The van der Waals surface area contributed by atoms with Gasteiger partial charge in [0.05, 0.1) is 12.4 Å². The zero-order valence-corrected chi connectivity index (χ0v) is 14.1. The monoisotopic (exact) mass is 318 g/mol. The molecule has 1 unspecified atom stereocenters. The average molecular weight is 319 g/mol. The van der Waals surface area contributed by atoms with Gasteiger partial charge in [-0.05, 0) is 23.5 Å². The first-order valence-electron chi connectivity index (χ1n) is 6.76. The first-order valence-corrected chi connectivity index (χ1v) is 9.24. The van der Waals surface area contributed by atoms with Crippen molar-refractivity contribution < 1.29 is 13.2 Å². The van der Waals surface area contributed by atoms with Crippen LogP contribution in [0.25, 0.3) is 0 Å². The molecule has 0 N–H and O–H groups in total. The number of aryl methyl sites for hydroxylation is 1. The average Bonchev–Trinajstić information content (AvgIpc) is 2.32. The van der Waals surface area contributed by atoms with Gasteiger partial charge in [0.1, 0.15) is 5.75 Å². The third kappa shape index (κ3) is 5.71. The highest BCUT2D eigenvalue weighted by Crippen LogP contribution is 2.29. The maximum atomic E-state index is 11.3. The molecule has 0 aliphatic rings. The van der Waals surface area contributed by atoms with Crippen molar-refractivity contribution >= 4 is 19.7 Å². The Hall–Kier alpha value is -0.740. The molecule has 1 aromatic rings. The normalized spacial score (nSPS) is 14.1. The second-order valence-electron chi connectivity index (χ2n) is 6.04. The quantitative estimate of drug-likeness (QED) is 0.748. The van der Waals surface area contributed by atoms with Gasteiger partial charge in [-0.2, -0.15) is 0 Å². The van der Waals surface area contributed by atoms with Crippen LogP contribution >= 0.6 is 10.7 Å². The number of halogens is 1. The third-order valence-electron chi connectivity index (χ3n) is 3.42. The molecular weight excluding hydrogens is 296 g/mol. The fourth-order valence-corrected chi connectivity index (χ4v) is 3.45. The van der Waals surface area contributed by atoms with Crippen molar-refractivity contribution in [1.82, 2.24) is 0 Å². The van der Waals surface area contributed by atoms with Gasteiger partial charge in [-0.3, -0.25) is 0 Å². The SMILES string of the molecule is CCc1ccccc1OCC(CS(=O)(=O)Cl)C(C)(C)C. The van der Waals surface area contributed by atoms with E-state index in [0.29, 0.717) is 6.61 Å². The molecule has 0 radical (unpaired) electrons. The summed E-state index contributed by atoms with van der Waals surface area (Å²) in [5.74, 6) is 0.581. The Morgan fingerprint density at radius 2 is 1.85 bits per heavy atom. The highest BCUT2D eigenvalue weighted by Gasteiger charge is 2.29. The lowest BCUT2D eigenvalue weighted by Crippen LogP contribution is -2.32. The van der Waals surface area contributed by atoms with E-state index in [1.807, 2.05) is 45.0 Å². The molecule has 0 spiro atoms. The number of benzene rings is 1. The Bertz CT molecular complexity index is 532. The van der Waals surface area contributed by atoms with Crippen LogP contribution in [-0.2, 0) is 15.5 Å². The highest BCUT2D eigenvalue weighted by atomic mass is 35.7. The van der Waals surface area contributed by atoms with Gasteiger partial charge in [0.25, 0.3) is 0 Å². The summed E-state index contributed by atoms with van der Waals surface area (Å²) < 4.78 is 28.5. The third-order valence-corrected chi connectivity index (χ3v) is 4.60. The molecule has 0 saturated carbocycles. The Morgan fingerprint density at radius 1 is 1.25 bits per heavy atom. The van der Waals surface area contributed by atoms with Crippen molar-refractivity contribution in [1.29, 1.82) is 0 Å². The fourth-order valence-electron chi connectivity index (χ4n) is 1.92. The zero-order valence-electron chi connectivity index (χ0n) is 12.5. The Kier molecular flexibility index (Phi) is 5.90. The van der Waals surface area contributed by atoms with Crippen LogP contribution in [0.4, 0.5) is 0 Å². The first kappa shape index (κ1) is 17.3. The van der Waals surface area contributed by atoms with E-state index in [9.17, 15) is 8.42 Å². The van der Waals surface area contributed by atoms with E-state index in [-0.39, 0.29) is 17.1 Å². The molecule has 0 fully saturated rings. The molecule has 1 aromatic carbocycles. The van der Waals surface area contributed by atoms with E-state index in [1.165, 1.54) is 0 Å². The zero-order chi connectivity index (χ0) is 15.4. The molecule has 1 atom stereocenters. The van der Waals surface area contributed by atoms with Gasteiger partial charge in [0.15, 0.2) is 0 Å². The molecule has 1 rings (SSSR count). The lowest BCUT2D eigenvalue weighted by Gasteiger charge is -2.29. The van der Waals surface area contributed by atoms with Gasteiger partial charge >= 0.3 is 0 Å². The predicted molar refractivity (Wildman–Crippen MR) is 83.9 cm³/mol. The van der Waals surface area contributed by atoms with E-state index in [1.54, 1.807) is 0 Å². The molecule has 3 nitrogen and oxygen atoms in total. The van der Waals surface area contributed by atoms with Crippen molar-refractivity contribution in [2.45, 2.75) is 34.1 Å². The van der Waals surface area contributed by atoms with Crippen molar-refractivity contribution in [3.63, 3.8) is 0 Å². The molecule has 0 amide bonds. The minimum absolute atomic E-state index is 0.0770. The number of hydrogen-bond acceptors (Lipinski definition) is 3. The standard InChI is InChI=1S/C15H23ClO3S/c1-5-12-8-6-7-9-14(12)19-10-13(15(2,3)4)11-20(16,17)18/h6-9,13H,5,10-11H2,1-4H3. The molecule has 0 saturated heterocycles. The molecule has 0 bridgehead atoms. The predicted octanol–water partition coefficient (Wildman–Crippen LogP) is 3.86. The summed E-state index contributed by atoms with van der Waals surface area (Å²) in [7, 11) is 1.86. The van der Waals surface area contributed by atoms with Crippen molar-refractivity contribution in [3.8, 4) is 5.75 Å². The summed E-state index contributed by atoms with van der Waals surface area (Å²) in [6.07, 6.45) is 0.879. The molecule has 114 valence electrons. The Balaban J connectivity index is 2.81. The van der Waals surface area contributed by atoms with Gasteiger partial charge in [-0.1, -0.05) is 45.9 Å². The van der Waals surface area contributed by atoms with Gasteiger partial charge in [-0.15, -0.1) is 0 Å². The number of ether oxygens (including phenoxy) is 1. The van der Waals surface area contributed by atoms with Crippen LogP contribution in [-0.4, -0.2) is 20.8 Å². The summed E-state index contributed by atoms with van der Waals surface area (Å²) in [6, 6.07) is 7.81. The number of rotatable bonds is 6. The van der Waals surface area contributed by atoms with Crippen molar-refractivity contribution in [2.75, 3.05) is 12.4 Å². The van der Waals surface area contributed by atoms with Crippen molar-refractivity contribution in [2.24, 2.45) is 11.3 Å². The van der Waals surface area contributed by atoms with Crippen LogP contribution < -0.4 is 4.74 Å². The lowest BCUT2D eigenvalue weighted by molar-refractivity contribution is 0.162.